The van der Waals surface area contributed by atoms with Crippen molar-refractivity contribution in [2.45, 2.75) is 67.0 Å². The van der Waals surface area contributed by atoms with Crippen LogP contribution in [0.2, 0.25) is 0 Å². The maximum Gasteiger partial charge on any atom is 3.00 e. The molecule has 0 spiro atoms. The van der Waals surface area contributed by atoms with Crippen LogP contribution >= 0.6 is 0 Å². The van der Waals surface area contributed by atoms with E-state index in [1.165, 1.54) is 11.8 Å². The number of pyridine rings is 2. The van der Waals surface area contributed by atoms with Crippen LogP contribution in [0.15, 0.2) is 114 Å². The second kappa shape index (κ2) is 14.5. The van der Waals surface area contributed by atoms with Gasteiger partial charge in [-0.3, -0.25) is 0 Å². The molecule has 0 saturated heterocycles. The Balaban J connectivity index is 0.000000232. The Morgan fingerprint density at radius 1 is 0.830 bits per heavy atom. The van der Waals surface area contributed by atoms with Gasteiger partial charge in [-0.15, -0.1) is 35.4 Å². The fourth-order valence-corrected chi connectivity index (χ4v) is 6.65. The number of hydrogen-bond acceptors (Lipinski definition) is 2. The molecule has 53 heavy (non-hydrogen) atoms. The number of hydrogen-bond donors (Lipinski definition) is 0. The smallest absolute Gasteiger partial charge is 0.500 e. The van der Waals surface area contributed by atoms with Gasteiger partial charge in [-0.1, -0.05) is 138 Å². The third kappa shape index (κ3) is 7.63. The number of benzene rings is 5. The van der Waals surface area contributed by atoms with Crippen molar-refractivity contribution in [3.63, 3.8) is 0 Å². The van der Waals surface area contributed by atoms with Gasteiger partial charge in [0.05, 0.1) is 17.5 Å². The Hall–Kier alpha value is -4.89. The van der Waals surface area contributed by atoms with Crippen LogP contribution in [0.1, 0.15) is 80.3 Å². The Labute approximate surface area is 339 Å². The molecule has 268 valence electrons. The molecular formula is C49H48IrN2O+. The van der Waals surface area contributed by atoms with Gasteiger partial charge in [0.25, 0.3) is 0 Å². The number of rotatable bonds is 3. The van der Waals surface area contributed by atoms with Gasteiger partial charge in [0.2, 0.25) is 0 Å². The molecule has 0 fully saturated rings. The van der Waals surface area contributed by atoms with Crippen molar-refractivity contribution in [3.8, 4) is 22.5 Å². The van der Waals surface area contributed by atoms with Crippen LogP contribution in [0.25, 0.3) is 66.0 Å². The first-order chi connectivity index (χ1) is 27.9. The van der Waals surface area contributed by atoms with E-state index in [2.05, 4.69) is 88.3 Å². The molecule has 0 aliphatic carbocycles. The van der Waals surface area contributed by atoms with Crippen LogP contribution in [0.4, 0.5) is 0 Å². The average Bonchev–Trinajstić information content (AvgIpc) is 3.55. The Kier molecular flexibility index (Phi) is 7.82. The van der Waals surface area contributed by atoms with Crippen LogP contribution in [0, 0.1) is 39.2 Å². The van der Waals surface area contributed by atoms with Crippen LogP contribution in [0.3, 0.4) is 0 Å². The first kappa shape index (κ1) is 28.6. The summed E-state index contributed by atoms with van der Waals surface area (Å²) in [5.41, 5.74) is 5.54. The second-order valence-electron chi connectivity index (χ2n) is 15.4. The van der Waals surface area contributed by atoms with Gasteiger partial charge in [0, 0.05) is 35.0 Å². The zero-order valence-corrected chi connectivity index (χ0v) is 33.3. The van der Waals surface area contributed by atoms with Crippen molar-refractivity contribution in [2.24, 2.45) is 5.41 Å². The fourth-order valence-electron chi connectivity index (χ4n) is 6.65. The first-order valence-electron chi connectivity index (χ1n) is 21.4. The summed E-state index contributed by atoms with van der Waals surface area (Å²) in [5.74, 6) is 0. The molecule has 0 aliphatic heterocycles. The summed E-state index contributed by atoms with van der Waals surface area (Å²) in [6, 6.07) is 34.2. The molecule has 0 radical (unpaired) electrons. The van der Waals surface area contributed by atoms with Gasteiger partial charge in [-0.05, 0) is 57.0 Å². The molecule has 0 N–H and O–H groups in total. The molecule has 3 aromatic heterocycles. The largest absolute Gasteiger partial charge is 3.00 e. The van der Waals surface area contributed by atoms with Crippen LogP contribution in [-0.2, 0) is 31.9 Å². The van der Waals surface area contributed by atoms with Gasteiger partial charge in [-0.2, -0.15) is 18.6 Å². The minimum Gasteiger partial charge on any atom is -0.500 e. The molecule has 8 aromatic rings. The Morgan fingerprint density at radius 2 is 1.58 bits per heavy atom. The molecular weight excluding hydrogens is 825 g/mol. The number of furan rings is 1. The van der Waals surface area contributed by atoms with Crippen molar-refractivity contribution in [3.05, 3.63) is 157 Å². The van der Waals surface area contributed by atoms with Crippen LogP contribution < -0.4 is 4.57 Å². The van der Waals surface area contributed by atoms with Crippen molar-refractivity contribution in [1.29, 1.82) is 0 Å². The van der Waals surface area contributed by atoms with E-state index in [0.717, 1.165) is 49.2 Å². The average molecular weight is 881 g/mol. The van der Waals surface area contributed by atoms with E-state index < -0.39 is 25.5 Å². The van der Waals surface area contributed by atoms with E-state index in [-0.39, 0.29) is 36.6 Å². The van der Waals surface area contributed by atoms with Crippen molar-refractivity contribution in [1.82, 2.24) is 4.98 Å². The van der Waals surface area contributed by atoms with E-state index in [9.17, 15) is 0 Å². The molecule has 5 aromatic carbocycles. The fraction of sp³-hybridized carbons (Fsp3) is 0.224. The maximum absolute atomic E-state index is 8.87. The molecule has 0 saturated carbocycles. The maximum atomic E-state index is 8.87. The van der Waals surface area contributed by atoms with E-state index in [4.69, 9.17) is 15.4 Å². The van der Waals surface area contributed by atoms with E-state index in [1.807, 2.05) is 35.0 Å². The molecule has 0 unspecified atom stereocenters. The third-order valence-corrected chi connectivity index (χ3v) is 9.25. The van der Waals surface area contributed by atoms with E-state index >= 15 is 0 Å². The summed E-state index contributed by atoms with van der Waals surface area (Å²) in [4.78, 5) is 4.49. The molecule has 3 heterocycles. The number of aryl methyl sites for hydroxylation is 2. The summed E-state index contributed by atoms with van der Waals surface area (Å²) in [5, 5.41) is 6.17. The summed E-state index contributed by atoms with van der Waals surface area (Å²) in [7, 11) is 4.06. The van der Waals surface area contributed by atoms with Gasteiger partial charge >= 0.3 is 20.1 Å². The second-order valence-corrected chi connectivity index (χ2v) is 15.4. The van der Waals surface area contributed by atoms with Gasteiger partial charge in [0.15, 0.2) is 0 Å². The van der Waals surface area contributed by atoms with Gasteiger partial charge in [0.1, 0.15) is 5.58 Å². The topological polar surface area (TPSA) is 29.9 Å². The predicted octanol–water partition coefficient (Wildman–Crippen LogP) is 12.7. The molecule has 4 heteroatoms. The zero-order chi connectivity index (χ0) is 43.7. The Morgan fingerprint density at radius 3 is 2.30 bits per heavy atom. The minimum absolute atomic E-state index is 0. The van der Waals surface area contributed by atoms with Gasteiger partial charge < -0.3 is 14.0 Å². The minimum atomic E-state index is -2.51. The van der Waals surface area contributed by atoms with E-state index in [0.29, 0.717) is 28.0 Å². The van der Waals surface area contributed by atoms with Crippen molar-refractivity contribution >= 4 is 43.5 Å². The molecule has 0 atom stereocenters. The summed E-state index contributed by atoms with van der Waals surface area (Å²) < 4.78 is 72.6. The van der Waals surface area contributed by atoms with Crippen molar-refractivity contribution < 1.29 is 40.1 Å². The first-order valence-corrected chi connectivity index (χ1v) is 17.4. The quantitative estimate of drug-likeness (QED) is 0.101. The van der Waals surface area contributed by atoms with E-state index in [1.54, 1.807) is 51.1 Å². The SMILES string of the molecule is [2H]C([2H])([2H])c1ccc(-c2ccc(C(C)(C)C)c[n+]2[CH2-])c([CH2-])c1.[2H]C([2H])([2H])c1cnc(-c2[c-]ccc3c2oc2c3ccc3ccc4ccccc4c32)cc1C([2H])([2H])C(C)(C)C.[Ir+3]. The predicted molar refractivity (Wildman–Crippen MR) is 219 cm³/mol. The van der Waals surface area contributed by atoms with Gasteiger partial charge in [-0.25, -0.2) is 0 Å². The van der Waals surface area contributed by atoms with Crippen LogP contribution in [-0.4, -0.2) is 4.98 Å². The molecule has 8 rings (SSSR count). The number of nitrogens with zero attached hydrogens (tertiary/aromatic N) is 2. The standard InChI is InChI=1S/C31H26NO.C18H22N.Ir/c1-19-18-32-27(16-22(19)17-31(2,3)4)26-11-7-10-24-25-15-14-21-13-12-20-8-5-6-9-23(20)28(21)30(25)33-29(24)26;1-13-7-9-16(14(2)11-13)17-10-8-15(12-19(17)6)18(3,4)5;/h5-10,12-16,18H,17H2,1-4H3;7-12H,2,6H2,1,3-5H3;/q2*-1;+3/i1D3,17D2;1D3;. The third-order valence-electron chi connectivity index (χ3n) is 9.25. The molecule has 0 bridgehead atoms. The summed E-state index contributed by atoms with van der Waals surface area (Å²) >= 11 is 0. The zero-order valence-electron chi connectivity index (χ0n) is 38.9. The number of aromatic nitrogens is 2. The molecule has 0 aliphatic rings. The molecule has 0 amide bonds. The summed E-state index contributed by atoms with van der Waals surface area (Å²) in [6.07, 6.45) is 1.36. The Bertz CT molecular complexity index is 2870. The van der Waals surface area contributed by atoms with Crippen molar-refractivity contribution in [2.75, 3.05) is 0 Å². The van der Waals surface area contributed by atoms with Crippen LogP contribution in [0.5, 0.6) is 0 Å². The monoisotopic (exact) mass is 881 g/mol. The number of fused-ring (bicyclic) bond motifs is 7. The molecule has 3 nitrogen and oxygen atoms in total. The summed E-state index contributed by atoms with van der Waals surface area (Å²) in [6.45, 7) is 11.1. The normalized spacial score (nSPS) is 14.8.